The van der Waals surface area contributed by atoms with E-state index in [1.807, 2.05) is 13.8 Å². The number of rotatable bonds is 3. The van der Waals surface area contributed by atoms with Gasteiger partial charge >= 0.3 is 5.63 Å². The molecule has 2 N–H and O–H groups in total. The molecule has 0 radical (unpaired) electrons. The molecule has 0 aliphatic carbocycles. The molecule has 0 saturated heterocycles. The molecule has 3 rings (SSSR count). The number of hydrogen-bond donors (Lipinski definition) is 2. The molecule has 0 saturated carbocycles. The summed E-state index contributed by atoms with van der Waals surface area (Å²) in [4.78, 5) is 11.6. The molecule has 2 aromatic carbocycles. The molecule has 0 bridgehead atoms. The quantitative estimate of drug-likeness (QED) is 0.491. The third-order valence-electron chi connectivity index (χ3n) is 3.88. The van der Waals surface area contributed by atoms with E-state index in [0.29, 0.717) is 10.6 Å². The Morgan fingerprint density at radius 1 is 1.11 bits per heavy atom. The first kappa shape index (κ1) is 21.0. The fraction of sp³-hybridized carbons (Fsp3) is 0.211. The molecule has 1 aromatic heterocycles. The summed E-state index contributed by atoms with van der Waals surface area (Å²) >= 11 is 5.49. The zero-order valence-electron chi connectivity index (χ0n) is 14.8. The second kappa shape index (κ2) is 8.56. The highest BCUT2D eigenvalue weighted by molar-refractivity contribution is 7.85. The number of hydrogen-bond acceptors (Lipinski definition) is 5. The summed E-state index contributed by atoms with van der Waals surface area (Å²) in [5, 5.41) is 10.6. The number of benzene rings is 2. The second-order valence-electron chi connectivity index (χ2n) is 5.85. The predicted molar refractivity (Wildman–Crippen MR) is 104 cm³/mol. The predicted octanol–water partition coefficient (Wildman–Crippen LogP) is 4.35. The molecular weight excluding hydrogens is 392 g/mol. The maximum Gasteiger partial charge on any atom is 0.339 e. The Bertz CT molecular complexity index is 1100. The summed E-state index contributed by atoms with van der Waals surface area (Å²) in [6, 6.07) is 10.1. The van der Waals surface area contributed by atoms with E-state index in [1.165, 1.54) is 30.3 Å². The van der Waals surface area contributed by atoms with Gasteiger partial charge in [-0.15, -0.1) is 0 Å². The molecular formula is C19H19ClO6S. The van der Waals surface area contributed by atoms with Gasteiger partial charge in [0.2, 0.25) is 0 Å². The van der Waals surface area contributed by atoms with Crippen LogP contribution in [-0.4, -0.2) is 18.1 Å². The van der Waals surface area contributed by atoms with Crippen molar-refractivity contribution in [3.05, 3.63) is 69.0 Å². The minimum absolute atomic E-state index is 0.110. The molecule has 0 fully saturated rings. The molecule has 1 heterocycles. The summed E-state index contributed by atoms with van der Waals surface area (Å²) in [6.45, 7) is 3.95. The highest BCUT2D eigenvalue weighted by Crippen LogP contribution is 2.23. The van der Waals surface area contributed by atoms with E-state index in [2.05, 4.69) is 0 Å². The largest absolute Gasteiger partial charge is 0.508 e. The van der Waals surface area contributed by atoms with Crippen LogP contribution in [0, 0.1) is 6.92 Å². The van der Waals surface area contributed by atoms with Crippen molar-refractivity contribution in [3.8, 4) is 5.75 Å². The van der Waals surface area contributed by atoms with Crippen LogP contribution >= 0.6 is 11.6 Å². The Balaban J connectivity index is 0.000000208. The number of fused-ring (bicyclic) bond motifs is 1. The molecule has 144 valence electrons. The Morgan fingerprint density at radius 2 is 1.74 bits per heavy atom. The molecule has 27 heavy (non-hydrogen) atoms. The van der Waals surface area contributed by atoms with E-state index < -0.39 is 10.1 Å². The van der Waals surface area contributed by atoms with Crippen molar-refractivity contribution in [3.63, 3.8) is 0 Å². The molecule has 0 unspecified atom stereocenters. The van der Waals surface area contributed by atoms with Gasteiger partial charge in [-0.1, -0.05) is 24.9 Å². The Morgan fingerprint density at radius 3 is 2.30 bits per heavy atom. The van der Waals surface area contributed by atoms with Gasteiger partial charge in [0.05, 0.1) is 4.90 Å². The molecule has 0 spiro atoms. The minimum Gasteiger partial charge on any atom is -0.508 e. The van der Waals surface area contributed by atoms with Crippen molar-refractivity contribution >= 4 is 32.7 Å². The van der Waals surface area contributed by atoms with Crippen LogP contribution in [0.4, 0.5) is 0 Å². The Hall–Kier alpha value is -2.35. The fourth-order valence-corrected chi connectivity index (χ4v) is 3.13. The molecule has 0 aliphatic heterocycles. The summed E-state index contributed by atoms with van der Waals surface area (Å²) < 4.78 is 34.6. The van der Waals surface area contributed by atoms with Crippen LogP contribution in [0.15, 0.2) is 56.6 Å². The van der Waals surface area contributed by atoms with Gasteiger partial charge in [-0.05, 0) is 55.3 Å². The first-order chi connectivity index (χ1) is 12.6. The van der Waals surface area contributed by atoms with Crippen molar-refractivity contribution in [2.75, 3.05) is 0 Å². The van der Waals surface area contributed by atoms with Crippen molar-refractivity contribution < 1.29 is 22.5 Å². The zero-order valence-corrected chi connectivity index (χ0v) is 16.3. The maximum absolute atomic E-state index is 11.7. The van der Waals surface area contributed by atoms with Gasteiger partial charge in [-0.2, -0.15) is 8.42 Å². The summed E-state index contributed by atoms with van der Waals surface area (Å²) in [7, 11) is -4.08. The SMILES string of the molecule is CCCc1c(C)c2ccc(O)cc2oc1=O.O=S(=O)(O)c1ccc(Cl)cc1. The van der Waals surface area contributed by atoms with Crippen molar-refractivity contribution in [1.29, 1.82) is 0 Å². The van der Waals surface area contributed by atoms with Gasteiger partial charge in [0, 0.05) is 22.0 Å². The van der Waals surface area contributed by atoms with E-state index in [9.17, 15) is 18.3 Å². The van der Waals surface area contributed by atoms with Crippen molar-refractivity contribution in [2.45, 2.75) is 31.6 Å². The van der Waals surface area contributed by atoms with E-state index in [-0.39, 0.29) is 16.3 Å². The first-order valence-corrected chi connectivity index (χ1v) is 9.93. The average molecular weight is 411 g/mol. The molecule has 8 heteroatoms. The number of phenolic OH excluding ortho intramolecular Hbond substituents is 1. The molecule has 0 atom stereocenters. The lowest BCUT2D eigenvalue weighted by atomic mass is 10.0. The molecule has 3 aromatic rings. The third kappa shape index (κ3) is 5.32. The van der Waals surface area contributed by atoms with Gasteiger partial charge < -0.3 is 9.52 Å². The van der Waals surface area contributed by atoms with Crippen LogP contribution in [0.3, 0.4) is 0 Å². The minimum atomic E-state index is -4.08. The van der Waals surface area contributed by atoms with Crippen LogP contribution < -0.4 is 5.63 Å². The van der Waals surface area contributed by atoms with Gasteiger partial charge in [0.1, 0.15) is 11.3 Å². The third-order valence-corrected chi connectivity index (χ3v) is 5.00. The van der Waals surface area contributed by atoms with E-state index in [4.69, 9.17) is 20.6 Å². The Labute approximate surface area is 161 Å². The van der Waals surface area contributed by atoms with Crippen LogP contribution in [0.5, 0.6) is 5.75 Å². The van der Waals surface area contributed by atoms with Crippen molar-refractivity contribution in [1.82, 2.24) is 0 Å². The van der Waals surface area contributed by atoms with Gasteiger partial charge in [0.25, 0.3) is 10.1 Å². The number of aromatic hydroxyl groups is 1. The lowest BCUT2D eigenvalue weighted by Crippen LogP contribution is -2.09. The van der Waals surface area contributed by atoms with Crippen LogP contribution in [0.25, 0.3) is 11.0 Å². The van der Waals surface area contributed by atoms with Crippen molar-refractivity contribution in [2.24, 2.45) is 0 Å². The van der Waals surface area contributed by atoms with Crippen LogP contribution in [0.2, 0.25) is 5.02 Å². The highest BCUT2D eigenvalue weighted by Gasteiger charge is 2.10. The standard InChI is InChI=1S/C13H14O3.C6H5ClO3S/c1-3-4-11-8(2)10-6-5-9(14)7-12(10)16-13(11)15;7-5-1-3-6(4-2-5)11(8,9)10/h5-7,14H,3-4H2,1-2H3;1-4H,(H,8,9,10). The first-order valence-electron chi connectivity index (χ1n) is 8.12. The average Bonchev–Trinajstić information content (AvgIpc) is 2.58. The number of aryl methyl sites for hydroxylation is 1. The van der Waals surface area contributed by atoms with E-state index >= 15 is 0 Å². The molecule has 0 amide bonds. The van der Waals surface area contributed by atoms with Crippen LogP contribution in [0.1, 0.15) is 24.5 Å². The Kier molecular flexibility index (Phi) is 6.64. The number of phenols is 1. The second-order valence-corrected chi connectivity index (χ2v) is 7.71. The maximum atomic E-state index is 11.7. The van der Waals surface area contributed by atoms with E-state index in [1.54, 1.807) is 12.1 Å². The lowest BCUT2D eigenvalue weighted by molar-refractivity contribution is 0.472. The molecule has 6 nitrogen and oxygen atoms in total. The zero-order chi connectivity index (χ0) is 20.2. The van der Waals surface area contributed by atoms with Gasteiger partial charge in [-0.3, -0.25) is 4.55 Å². The van der Waals surface area contributed by atoms with Gasteiger partial charge in [0.15, 0.2) is 0 Å². The smallest absolute Gasteiger partial charge is 0.339 e. The monoisotopic (exact) mass is 410 g/mol. The lowest BCUT2D eigenvalue weighted by Gasteiger charge is -2.06. The summed E-state index contributed by atoms with van der Waals surface area (Å²) in [5.74, 6) is 0.110. The van der Waals surface area contributed by atoms with Crippen LogP contribution in [-0.2, 0) is 16.5 Å². The topological polar surface area (TPSA) is 105 Å². The summed E-state index contributed by atoms with van der Waals surface area (Å²) in [6.07, 6.45) is 1.64. The number of halogens is 1. The highest BCUT2D eigenvalue weighted by atomic mass is 35.5. The van der Waals surface area contributed by atoms with Gasteiger partial charge in [-0.25, -0.2) is 4.79 Å². The fourth-order valence-electron chi connectivity index (χ4n) is 2.53. The normalized spacial score (nSPS) is 11.1. The molecule has 0 aliphatic rings. The summed E-state index contributed by atoms with van der Waals surface area (Å²) in [5.41, 5.74) is 1.84. The van der Waals surface area contributed by atoms with E-state index in [0.717, 1.165) is 29.4 Å².